The third kappa shape index (κ3) is 3.89. The van der Waals surface area contributed by atoms with E-state index in [4.69, 9.17) is 9.47 Å². The Hall–Kier alpha value is -3.32. The number of amides is 1. The quantitative estimate of drug-likeness (QED) is 0.561. The molecular formula is C23H25N3O4. The predicted octanol–water partition coefficient (Wildman–Crippen LogP) is 2.56. The molecule has 1 atom stereocenters. The number of benzene rings is 2. The van der Waals surface area contributed by atoms with Crippen molar-refractivity contribution in [2.24, 2.45) is 0 Å². The monoisotopic (exact) mass is 407 g/mol. The molecule has 1 aromatic heterocycles. The first-order valence-electron chi connectivity index (χ1n) is 9.94. The molecule has 7 heteroatoms. The van der Waals surface area contributed by atoms with E-state index < -0.39 is 6.04 Å². The molecule has 2 heterocycles. The molecule has 0 aliphatic carbocycles. The highest BCUT2D eigenvalue weighted by molar-refractivity contribution is 5.86. The summed E-state index contributed by atoms with van der Waals surface area (Å²) in [5.41, 5.74) is 3.97. The van der Waals surface area contributed by atoms with Gasteiger partial charge >= 0.3 is 0 Å². The van der Waals surface area contributed by atoms with Gasteiger partial charge in [0.05, 0.1) is 12.6 Å². The summed E-state index contributed by atoms with van der Waals surface area (Å²) in [4.78, 5) is 30.0. The number of nitrogens with one attached hydrogen (secondary N) is 2. The molecule has 0 spiro atoms. The first-order valence-corrected chi connectivity index (χ1v) is 9.94. The SMILES string of the molecule is CNCC(=O)N(Cc1ccc2c(c1)OCO2)[C@@H](C=O)Cc1c(C)[nH]c2ccccc12. The zero-order chi connectivity index (χ0) is 21.1. The Morgan fingerprint density at radius 1 is 1.23 bits per heavy atom. The molecule has 30 heavy (non-hydrogen) atoms. The highest BCUT2D eigenvalue weighted by Gasteiger charge is 2.26. The van der Waals surface area contributed by atoms with Gasteiger partial charge in [-0.2, -0.15) is 0 Å². The second-order valence-corrected chi connectivity index (χ2v) is 7.42. The van der Waals surface area contributed by atoms with Gasteiger partial charge in [-0.1, -0.05) is 24.3 Å². The van der Waals surface area contributed by atoms with E-state index in [-0.39, 0.29) is 19.2 Å². The molecule has 0 fully saturated rings. The number of H-pyrrole nitrogens is 1. The maximum absolute atomic E-state index is 12.9. The van der Waals surface area contributed by atoms with E-state index in [0.29, 0.717) is 24.5 Å². The van der Waals surface area contributed by atoms with Crippen LogP contribution in [0.5, 0.6) is 11.5 Å². The topological polar surface area (TPSA) is 83.7 Å². The number of hydrogen-bond acceptors (Lipinski definition) is 5. The van der Waals surface area contributed by atoms with Crippen molar-refractivity contribution in [2.45, 2.75) is 25.9 Å². The minimum atomic E-state index is -0.589. The Morgan fingerprint density at radius 2 is 2.03 bits per heavy atom. The van der Waals surface area contributed by atoms with Crippen LogP contribution in [-0.2, 0) is 22.6 Å². The molecule has 0 saturated heterocycles. The number of ether oxygens (including phenoxy) is 2. The van der Waals surface area contributed by atoms with Crippen LogP contribution in [0.2, 0.25) is 0 Å². The third-order valence-corrected chi connectivity index (χ3v) is 5.44. The van der Waals surface area contributed by atoms with Gasteiger partial charge in [0.2, 0.25) is 12.7 Å². The van der Waals surface area contributed by atoms with Gasteiger partial charge in [-0.25, -0.2) is 0 Å². The molecule has 1 aliphatic heterocycles. The Bertz CT molecular complexity index is 1080. The summed E-state index contributed by atoms with van der Waals surface area (Å²) >= 11 is 0. The normalized spacial score (nSPS) is 13.4. The number of hydrogen-bond donors (Lipinski definition) is 2. The lowest BCUT2D eigenvalue weighted by molar-refractivity contribution is -0.136. The van der Waals surface area contributed by atoms with Crippen molar-refractivity contribution in [1.29, 1.82) is 0 Å². The van der Waals surface area contributed by atoms with E-state index >= 15 is 0 Å². The summed E-state index contributed by atoms with van der Waals surface area (Å²) in [7, 11) is 1.72. The van der Waals surface area contributed by atoms with Gasteiger partial charge in [-0.05, 0) is 43.3 Å². The van der Waals surface area contributed by atoms with Crippen molar-refractivity contribution in [3.8, 4) is 11.5 Å². The van der Waals surface area contributed by atoms with Gasteiger partial charge in [-0.15, -0.1) is 0 Å². The number of para-hydroxylation sites is 1. The van der Waals surface area contributed by atoms with Crippen molar-refractivity contribution < 1.29 is 19.1 Å². The smallest absolute Gasteiger partial charge is 0.237 e. The number of fused-ring (bicyclic) bond motifs is 2. The molecule has 1 aliphatic rings. The van der Waals surface area contributed by atoms with E-state index in [1.165, 1.54) is 0 Å². The Balaban J connectivity index is 1.63. The summed E-state index contributed by atoms with van der Waals surface area (Å²) in [6.45, 7) is 2.65. The summed E-state index contributed by atoms with van der Waals surface area (Å²) in [6, 6.07) is 13.0. The van der Waals surface area contributed by atoms with Crippen molar-refractivity contribution in [3.05, 3.63) is 59.3 Å². The van der Waals surface area contributed by atoms with Crippen LogP contribution in [0.4, 0.5) is 0 Å². The average molecular weight is 407 g/mol. The number of aldehydes is 1. The van der Waals surface area contributed by atoms with E-state index in [1.807, 2.05) is 49.4 Å². The Labute approximate surface area is 175 Å². The number of rotatable bonds is 8. The van der Waals surface area contributed by atoms with E-state index in [2.05, 4.69) is 10.3 Å². The molecule has 4 rings (SSSR count). The zero-order valence-corrected chi connectivity index (χ0v) is 17.1. The highest BCUT2D eigenvalue weighted by Crippen LogP contribution is 2.33. The van der Waals surface area contributed by atoms with Crippen LogP contribution in [-0.4, -0.2) is 48.5 Å². The van der Waals surface area contributed by atoms with E-state index in [1.54, 1.807) is 11.9 Å². The highest BCUT2D eigenvalue weighted by atomic mass is 16.7. The van der Waals surface area contributed by atoms with Crippen LogP contribution in [0, 0.1) is 6.92 Å². The average Bonchev–Trinajstić information content (AvgIpc) is 3.34. The fraction of sp³-hybridized carbons (Fsp3) is 0.304. The van der Waals surface area contributed by atoms with Crippen LogP contribution >= 0.6 is 0 Å². The van der Waals surface area contributed by atoms with Gasteiger partial charge in [0, 0.05) is 29.6 Å². The van der Waals surface area contributed by atoms with Crippen LogP contribution < -0.4 is 14.8 Å². The van der Waals surface area contributed by atoms with Crippen molar-refractivity contribution in [2.75, 3.05) is 20.4 Å². The second kappa shape index (κ2) is 8.59. The molecule has 2 aromatic carbocycles. The fourth-order valence-electron chi connectivity index (χ4n) is 3.92. The Morgan fingerprint density at radius 3 is 2.83 bits per heavy atom. The molecule has 156 valence electrons. The second-order valence-electron chi connectivity index (χ2n) is 7.42. The van der Waals surface area contributed by atoms with E-state index in [0.717, 1.165) is 34.0 Å². The van der Waals surface area contributed by atoms with Crippen molar-refractivity contribution in [3.63, 3.8) is 0 Å². The van der Waals surface area contributed by atoms with Crippen LogP contribution in [0.25, 0.3) is 10.9 Å². The number of likely N-dealkylation sites (N-methyl/N-ethyl adjacent to an activating group) is 1. The Kier molecular flexibility index (Phi) is 5.72. The molecular weight excluding hydrogens is 382 g/mol. The van der Waals surface area contributed by atoms with Gasteiger partial charge in [0.15, 0.2) is 11.5 Å². The molecule has 0 saturated carbocycles. The fourth-order valence-corrected chi connectivity index (χ4v) is 3.92. The number of carbonyl (C=O) groups excluding carboxylic acids is 2. The maximum atomic E-state index is 12.9. The van der Waals surface area contributed by atoms with E-state index in [9.17, 15) is 9.59 Å². The van der Waals surface area contributed by atoms with Gasteiger partial charge in [0.25, 0.3) is 0 Å². The van der Waals surface area contributed by atoms with Crippen LogP contribution in [0.15, 0.2) is 42.5 Å². The molecule has 0 radical (unpaired) electrons. The van der Waals surface area contributed by atoms with Crippen LogP contribution in [0.3, 0.4) is 0 Å². The number of nitrogens with zero attached hydrogens (tertiary/aromatic N) is 1. The maximum Gasteiger partial charge on any atom is 0.237 e. The van der Waals surface area contributed by atoms with Crippen molar-refractivity contribution in [1.82, 2.24) is 15.2 Å². The third-order valence-electron chi connectivity index (χ3n) is 5.44. The van der Waals surface area contributed by atoms with Gasteiger partial charge in [0.1, 0.15) is 6.29 Å². The predicted molar refractivity (Wildman–Crippen MR) is 114 cm³/mol. The largest absolute Gasteiger partial charge is 0.454 e. The minimum Gasteiger partial charge on any atom is -0.454 e. The lowest BCUT2D eigenvalue weighted by atomic mass is 10.0. The summed E-state index contributed by atoms with van der Waals surface area (Å²) in [6.07, 6.45) is 1.31. The number of aromatic amines is 1. The molecule has 0 bridgehead atoms. The van der Waals surface area contributed by atoms with Gasteiger partial charge in [-0.3, -0.25) is 4.79 Å². The standard InChI is InChI=1S/C23H25N3O4/c1-15-19(18-5-3-4-6-20(18)25-15)10-17(13-27)26(23(28)11-24-2)12-16-7-8-21-22(9-16)30-14-29-21/h3-9,13,17,24-25H,10-12,14H2,1-2H3/t17-/m1/s1. The molecule has 7 nitrogen and oxygen atoms in total. The summed E-state index contributed by atoms with van der Waals surface area (Å²) in [5.74, 6) is 1.21. The van der Waals surface area contributed by atoms with Crippen molar-refractivity contribution >= 4 is 23.1 Å². The number of aromatic nitrogens is 1. The molecule has 3 aromatic rings. The zero-order valence-electron chi connectivity index (χ0n) is 17.1. The minimum absolute atomic E-state index is 0.134. The lowest BCUT2D eigenvalue weighted by Gasteiger charge is -2.29. The lowest BCUT2D eigenvalue weighted by Crippen LogP contribution is -2.45. The molecule has 2 N–H and O–H groups in total. The number of aryl methyl sites for hydroxylation is 1. The first-order chi connectivity index (χ1) is 14.6. The number of carbonyl (C=O) groups is 2. The summed E-state index contributed by atoms with van der Waals surface area (Å²) < 4.78 is 10.8. The first kappa shape index (κ1) is 20.0. The molecule has 1 amide bonds. The van der Waals surface area contributed by atoms with Crippen LogP contribution in [0.1, 0.15) is 16.8 Å². The molecule has 0 unspecified atom stereocenters. The van der Waals surface area contributed by atoms with Gasteiger partial charge < -0.3 is 29.5 Å². The summed E-state index contributed by atoms with van der Waals surface area (Å²) in [5, 5.41) is 3.97.